The number of carbonyl (C=O) groups is 2. The zero-order valence-electron chi connectivity index (χ0n) is 14.5. The van der Waals surface area contributed by atoms with Crippen LogP contribution in [0.5, 0.6) is 0 Å². The molecule has 0 aliphatic heterocycles. The molecule has 1 aromatic rings. The average Bonchev–Trinajstić information content (AvgIpc) is 2.49. The first-order valence-electron chi connectivity index (χ1n) is 7.78. The molecule has 2 amide bonds. The van der Waals surface area contributed by atoms with Gasteiger partial charge in [-0.25, -0.2) is 9.59 Å². The minimum absolute atomic E-state index is 0.227. The number of methoxy groups -OCH3 is 1. The van der Waals surface area contributed by atoms with E-state index >= 15 is 0 Å². The Hall–Kier alpha value is -1.95. The highest BCUT2D eigenvalue weighted by Gasteiger charge is 2.17. The molecule has 24 heavy (non-hydrogen) atoms. The van der Waals surface area contributed by atoms with Crippen LogP contribution in [0.1, 0.15) is 45.2 Å². The summed E-state index contributed by atoms with van der Waals surface area (Å²) in [6.07, 6.45) is 0.338. The largest absolute Gasteiger partial charge is 0.453 e. The van der Waals surface area contributed by atoms with Gasteiger partial charge in [0.1, 0.15) is 5.60 Å². The molecule has 0 bridgehead atoms. The third-order valence-electron chi connectivity index (χ3n) is 3.09. The van der Waals surface area contributed by atoms with Gasteiger partial charge >= 0.3 is 12.2 Å². The lowest BCUT2D eigenvalue weighted by Gasteiger charge is -2.21. The van der Waals surface area contributed by atoms with E-state index in [9.17, 15) is 9.59 Å². The van der Waals surface area contributed by atoms with Crippen molar-refractivity contribution in [2.45, 2.75) is 45.3 Å². The fourth-order valence-corrected chi connectivity index (χ4v) is 2.16. The highest BCUT2D eigenvalue weighted by molar-refractivity contribution is 6.30. The van der Waals surface area contributed by atoms with E-state index in [1.165, 1.54) is 7.11 Å². The summed E-state index contributed by atoms with van der Waals surface area (Å²) in [7, 11) is 1.32. The Morgan fingerprint density at radius 3 is 2.33 bits per heavy atom. The molecule has 1 aromatic carbocycles. The average molecular weight is 357 g/mol. The van der Waals surface area contributed by atoms with E-state index in [0.717, 1.165) is 5.56 Å². The molecule has 2 N–H and O–H groups in total. The highest BCUT2D eigenvalue weighted by Crippen LogP contribution is 2.20. The van der Waals surface area contributed by atoms with Crippen molar-refractivity contribution in [2.24, 2.45) is 0 Å². The van der Waals surface area contributed by atoms with Gasteiger partial charge in [0, 0.05) is 11.6 Å². The van der Waals surface area contributed by atoms with Gasteiger partial charge in [-0.1, -0.05) is 23.7 Å². The van der Waals surface area contributed by atoms with E-state index < -0.39 is 17.8 Å². The van der Waals surface area contributed by atoms with E-state index in [-0.39, 0.29) is 6.04 Å². The normalized spacial score (nSPS) is 12.2. The molecular weight excluding hydrogens is 332 g/mol. The third-order valence-corrected chi connectivity index (χ3v) is 3.34. The number of benzene rings is 1. The van der Waals surface area contributed by atoms with Crippen LogP contribution in [0.25, 0.3) is 0 Å². The lowest BCUT2D eigenvalue weighted by Crippen LogP contribution is -2.33. The van der Waals surface area contributed by atoms with Gasteiger partial charge in [0.2, 0.25) is 0 Å². The second-order valence-corrected chi connectivity index (χ2v) is 6.75. The van der Waals surface area contributed by atoms with Crippen LogP contribution in [0.4, 0.5) is 9.59 Å². The number of ether oxygens (including phenoxy) is 2. The van der Waals surface area contributed by atoms with Crippen molar-refractivity contribution >= 4 is 23.8 Å². The number of rotatable bonds is 6. The maximum absolute atomic E-state index is 11.6. The maximum Gasteiger partial charge on any atom is 0.407 e. The first-order chi connectivity index (χ1) is 11.2. The van der Waals surface area contributed by atoms with Crippen molar-refractivity contribution in [3.8, 4) is 0 Å². The molecule has 6 nitrogen and oxygen atoms in total. The van der Waals surface area contributed by atoms with E-state index in [4.69, 9.17) is 16.3 Å². The standard InChI is InChI=1S/C17H25ClN2O4/c1-17(2,3)24-15(21)19-11-5-6-14(20-16(22)23-4)12-7-9-13(18)10-8-12/h7-10,14H,5-6,11H2,1-4H3,(H,19,21)(H,20,22)/t14-/m1/s1. The summed E-state index contributed by atoms with van der Waals surface area (Å²) in [5.41, 5.74) is 0.393. The van der Waals surface area contributed by atoms with Crippen molar-refractivity contribution in [3.63, 3.8) is 0 Å². The van der Waals surface area contributed by atoms with E-state index in [1.807, 2.05) is 32.9 Å². The fourth-order valence-electron chi connectivity index (χ4n) is 2.03. The highest BCUT2D eigenvalue weighted by atomic mass is 35.5. The van der Waals surface area contributed by atoms with Crippen LogP contribution in [0.15, 0.2) is 24.3 Å². The van der Waals surface area contributed by atoms with Crippen molar-refractivity contribution in [2.75, 3.05) is 13.7 Å². The summed E-state index contributed by atoms with van der Waals surface area (Å²) < 4.78 is 9.83. The lowest BCUT2D eigenvalue weighted by molar-refractivity contribution is 0.0526. The first kappa shape index (κ1) is 20.1. The van der Waals surface area contributed by atoms with Crippen LogP contribution in [0.3, 0.4) is 0 Å². The van der Waals surface area contributed by atoms with E-state index in [2.05, 4.69) is 15.4 Å². The number of amides is 2. The minimum Gasteiger partial charge on any atom is -0.453 e. The quantitative estimate of drug-likeness (QED) is 0.754. The second kappa shape index (κ2) is 9.37. The molecule has 0 aliphatic rings. The van der Waals surface area contributed by atoms with Crippen molar-refractivity contribution in [1.82, 2.24) is 10.6 Å². The van der Waals surface area contributed by atoms with Crippen LogP contribution in [-0.4, -0.2) is 31.4 Å². The molecule has 0 saturated carbocycles. The summed E-state index contributed by atoms with van der Waals surface area (Å²) in [6.45, 7) is 5.87. The summed E-state index contributed by atoms with van der Waals surface area (Å²) in [5.74, 6) is 0. The van der Waals surface area contributed by atoms with Crippen LogP contribution < -0.4 is 10.6 Å². The number of hydrogen-bond acceptors (Lipinski definition) is 4. The SMILES string of the molecule is COC(=O)N[C@H](CCCNC(=O)OC(C)(C)C)c1ccc(Cl)cc1. The van der Waals surface area contributed by atoms with Gasteiger partial charge in [0.15, 0.2) is 0 Å². The second-order valence-electron chi connectivity index (χ2n) is 6.31. The first-order valence-corrected chi connectivity index (χ1v) is 8.16. The number of nitrogens with one attached hydrogen (secondary N) is 2. The van der Waals surface area contributed by atoms with Crippen LogP contribution in [-0.2, 0) is 9.47 Å². The summed E-state index contributed by atoms with van der Waals surface area (Å²) in [4.78, 5) is 23.1. The summed E-state index contributed by atoms with van der Waals surface area (Å²) in [5, 5.41) is 6.10. The predicted molar refractivity (Wildman–Crippen MR) is 93.2 cm³/mol. The fraction of sp³-hybridized carbons (Fsp3) is 0.529. The number of halogens is 1. The zero-order chi connectivity index (χ0) is 18.2. The third kappa shape index (κ3) is 8.06. The van der Waals surface area contributed by atoms with Gasteiger partial charge in [-0.05, 0) is 51.3 Å². The van der Waals surface area contributed by atoms with E-state index in [1.54, 1.807) is 12.1 Å². The molecule has 0 unspecified atom stereocenters. The number of alkyl carbamates (subject to hydrolysis) is 2. The molecule has 0 spiro atoms. The minimum atomic E-state index is -0.525. The van der Waals surface area contributed by atoms with Gasteiger partial charge in [0.25, 0.3) is 0 Å². The monoisotopic (exact) mass is 356 g/mol. The summed E-state index contributed by atoms with van der Waals surface area (Å²) in [6, 6.07) is 7.01. The molecule has 0 aromatic heterocycles. The molecule has 7 heteroatoms. The van der Waals surface area contributed by atoms with Crippen LogP contribution in [0, 0.1) is 0 Å². The lowest BCUT2D eigenvalue weighted by atomic mass is 10.0. The molecule has 0 aliphatic carbocycles. The van der Waals surface area contributed by atoms with Crippen molar-refractivity contribution in [1.29, 1.82) is 0 Å². The molecule has 0 saturated heterocycles. The Bertz CT molecular complexity index is 541. The zero-order valence-corrected chi connectivity index (χ0v) is 15.3. The Kier molecular flexibility index (Phi) is 7.85. The molecule has 0 fully saturated rings. The Morgan fingerprint density at radius 1 is 1.17 bits per heavy atom. The Labute approximate surface area is 147 Å². The van der Waals surface area contributed by atoms with Gasteiger partial charge in [-0.3, -0.25) is 0 Å². The maximum atomic E-state index is 11.6. The molecule has 1 rings (SSSR count). The molecular formula is C17H25ClN2O4. The summed E-state index contributed by atoms with van der Waals surface area (Å²) >= 11 is 5.89. The predicted octanol–water partition coefficient (Wildman–Crippen LogP) is 4.04. The van der Waals surface area contributed by atoms with Crippen molar-refractivity contribution < 1.29 is 19.1 Å². The van der Waals surface area contributed by atoms with Crippen LogP contribution in [0.2, 0.25) is 5.02 Å². The smallest absolute Gasteiger partial charge is 0.407 e. The Balaban J connectivity index is 2.52. The molecule has 0 heterocycles. The van der Waals surface area contributed by atoms with Gasteiger partial charge in [0.05, 0.1) is 13.2 Å². The molecule has 1 atom stereocenters. The van der Waals surface area contributed by atoms with Crippen LogP contribution >= 0.6 is 11.6 Å². The number of hydrogen-bond donors (Lipinski definition) is 2. The van der Waals surface area contributed by atoms with Crippen molar-refractivity contribution in [3.05, 3.63) is 34.9 Å². The molecule has 134 valence electrons. The number of carbonyl (C=O) groups excluding carboxylic acids is 2. The topological polar surface area (TPSA) is 76.7 Å². The molecule has 0 radical (unpaired) electrons. The van der Waals surface area contributed by atoms with Gasteiger partial charge in [-0.15, -0.1) is 0 Å². The van der Waals surface area contributed by atoms with E-state index in [0.29, 0.717) is 24.4 Å². The van der Waals surface area contributed by atoms with Gasteiger partial charge in [-0.2, -0.15) is 0 Å². The Morgan fingerprint density at radius 2 is 1.79 bits per heavy atom. The van der Waals surface area contributed by atoms with Gasteiger partial charge < -0.3 is 20.1 Å².